The van der Waals surface area contributed by atoms with Gasteiger partial charge in [-0.1, -0.05) is 55.8 Å². The summed E-state index contributed by atoms with van der Waals surface area (Å²) in [6, 6.07) is 13.6. The number of benzene rings is 2. The molecule has 3 atom stereocenters. The molecule has 0 N–H and O–H groups in total. The van der Waals surface area contributed by atoms with Crippen LogP contribution in [0.2, 0.25) is 5.02 Å². The lowest BCUT2D eigenvalue weighted by Gasteiger charge is -2.29. The van der Waals surface area contributed by atoms with Crippen molar-refractivity contribution >= 4 is 28.3 Å². The fourth-order valence-corrected chi connectivity index (χ4v) is 5.41. The second-order valence-corrected chi connectivity index (χ2v) is 8.91. The Morgan fingerprint density at radius 1 is 1.11 bits per heavy atom. The molecule has 2 fully saturated rings. The van der Waals surface area contributed by atoms with Gasteiger partial charge in [-0.15, -0.1) is 0 Å². The number of hydrogen-bond acceptors (Lipinski definition) is 2. The van der Waals surface area contributed by atoms with E-state index in [1.54, 1.807) is 0 Å². The van der Waals surface area contributed by atoms with Gasteiger partial charge in [0, 0.05) is 42.0 Å². The Hall–Kier alpha value is -1.58. The lowest BCUT2D eigenvalue weighted by molar-refractivity contribution is -0.133. The van der Waals surface area contributed by atoms with E-state index in [4.69, 9.17) is 11.6 Å². The van der Waals surface area contributed by atoms with E-state index in [1.807, 2.05) is 13.0 Å². The van der Waals surface area contributed by atoms with Crippen molar-refractivity contribution in [3.05, 3.63) is 47.0 Å². The van der Waals surface area contributed by atoms with Crippen molar-refractivity contribution in [1.29, 1.82) is 0 Å². The Morgan fingerprint density at radius 3 is 2.64 bits per heavy atom. The van der Waals surface area contributed by atoms with Crippen LogP contribution in [0.4, 0.5) is 0 Å². The molecular weight excluding hydrogens is 368 g/mol. The molecule has 2 aromatic carbocycles. The zero-order valence-corrected chi connectivity index (χ0v) is 17.8. The number of halogens is 1. The van der Waals surface area contributed by atoms with Crippen LogP contribution >= 0.6 is 11.6 Å². The van der Waals surface area contributed by atoms with Gasteiger partial charge in [-0.25, -0.2) is 0 Å². The first-order valence-corrected chi connectivity index (χ1v) is 11.2. The summed E-state index contributed by atoms with van der Waals surface area (Å²) < 4.78 is 0. The minimum atomic E-state index is 0.343. The van der Waals surface area contributed by atoms with E-state index in [0.29, 0.717) is 30.3 Å². The van der Waals surface area contributed by atoms with Crippen molar-refractivity contribution in [2.75, 3.05) is 19.6 Å². The summed E-state index contributed by atoms with van der Waals surface area (Å²) in [5.74, 6) is 0.825. The highest BCUT2D eigenvalue weighted by Crippen LogP contribution is 2.34. The summed E-state index contributed by atoms with van der Waals surface area (Å²) in [6.07, 6.45) is 5.25. The number of fused-ring (bicyclic) bond motifs is 3. The van der Waals surface area contributed by atoms with Gasteiger partial charge in [-0.3, -0.25) is 4.79 Å². The monoisotopic (exact) mass is 398 g/mol. The van der Waals surface area contributed by atoms with Gasteiger partial charge in [0.1, 0.15) is 0 Å². The minimum absolute atomic E-state index is 0.343. The van der Waals surface area contributed by atoms with E-state index < -0.39 is 0 Å². The number of nitrogens with zero attached hydrogens (tertiary/aromatic N) is 2. The maximum atomic E-state index is 12.4. The van der Waals surface area contributed by atoms with Crippen molar-refractivity contribution in [1.82, 2.24) is 9.80 Å². The average Bonchev–Trinajstić information content (AvgIpc) is 3.01. The standard InChI is InChI=1S/C24H31ClN2O/c1-3-24(28)27-18-8-9-19(27)16-26(15-13-18)14-12-17(2)20-10-11-23(25)22-7-5-4-6-21(20)22/h4-7,10-11,17-19H,3,8-9,12-16H2,1-2H3. The Balaban J connectivity index is 1.43. The summed E-state index contributed by atoms with van der Waals surface area (Å²) in [7, 11) is 0. The molecule has 0 aliphatic carbocycles. The van der Waals surface area contributed by atoms with Gasteiger partial charge < -0.3 is 9.80 Å². The molecular formula is C24H31ClN2O. The van der Waals surface area contributed by atoms with Gasteiger partial charge in [0.05, 0.1) is 0 Å². The minimum Gasteiger partial charge on any atom is -0.335 e. The zero-order valence-electron chi connectivity index (χ0n) is 17.0. The van der Waals surface area contributed by atoms with Crippen LogP contribution in [0.15, 0.2) is 36.4 Å². The Bertz CT molecular complexity index is 852. The summed E-state index contributed by atoms with van der Waals surface area (Å²) in [5, 5.41) is 3.25. The molecule has 0 saturated carbocycles. The molecule has 2 aliphatic heterocycles. The van der Waals surface area contributed by atoms with Crippen LogP contribution in [-0.2, 0) is 4.79 Å². The third kappa shape index (κ3) is 3.79. The number of likely N-dealkylation sites (tertiary alicyclic amines) is 1. The smallest absolute Gasteiger partial charge is 0.222 e. The highest BCUT2D eigenvalue weighted by atomic mass is 35.5. The molecule has 0 radical (unpaired) electrons. The normalized spacial score (nSPS) is 23.8. The number of hydrogen-bond donors (Lipinski definition) is 0. The molecule has 28 heavy (non-hydrogen) atoms. The fourth-order valence-electron chi connectivity index (χ4n) is 5.18. The number of carbonyl (C=O) groups excluding carboxylic acids is 1. The average molecular weight is 399 g/mol. The van der Waals surface area contributed by atoms with Crippen LogP contribution in [0.25, 0.3) is 10.8 Å². The topological polar surface area (TPSA) is 23.6 Å². The summed E-state index contributed by atoms with van der Waals surface area (Å²) in [4.78, 5) is 17.2. The maximum absolute atomic E-state index is 12.4. The largest absolute Gasteiger partial charge is 0.335 e. The molecule has 4 heteroatoms. The fraction of sp³-hybridized carbons (Fsp3) is 0.542. The molecule has 1 amide bonds. The van der Waals surface area contributed by atoms with Crippen molar-refractivity contribution in [2.45, 2.75) is 64.0 Å². The highest BCUT2D eigenvalue weighted by molar-refractivity contribution is 6.35. The molecule has 2 saturated heterocycles. The van der Waals surface area contributed by atoms with Crippen LogP contribution in [0.5, 0.6) is 0 Å². The third-order valence-corrected chi connectivity index (χ3v) is 7.10. The predicted octanol–water partition coefficient (Wildman–Crippen LogP) is 5.46. The van der Waals surface area contributed by atoms with Gasteiger partial charge in [0.2, 0.25) is 5.91 Å². The van der Waals surface area contributed by atoms with E-state index in [-0.39, 0.29) is 0 Å². The maximum Gasteiger partial charge on any atom is 0.222 e. The predicted molar refractivity (Wildman–Crippen MR) is 117 cm³/mol. The highest BCUT2D eigenvalue weighted by Gasteiger charge is 2.39. The van der Waals surface area contributed by atoms with Crippen LogP contribution in [0, 0.1) is 0 Å². The second-order valence-electron chi connectivity index (χ2n) is 8.50. The summed E-state index contributed by atoms with van der Waals surface area (Å²) in [5.41, 5.74) is 1.39. The van der Waals surface area contributed by atoms with Crippen LogP contribution in [-0.4, -0.2) is 47.4 Å². The second kappa shape index (κ2) is 8.42. The van der Waals surface area contributed by atoms with Crippen molar-refractivity contribution in [3.8, 4) is 0 Å². The van der Waals surface area contributed by atoms with Gasteiger partial charge in [0.25, 0.3) is 0 Å². The molecule has 2 heterocycles. The Kier molecular flexibility index (Phi) is 5.93. The molecule has 4 rings (SSSR count). The van der Waals surface area contributed by atoms with E-state index in [2.05, 4.69) is 47.1 Å². The van der Waals surface area contributed by atoms with E-state index in [9.17, 15) is 4.79 Å². The molecule has 2 bridgehead atoms. The van der Waals surface area contributed by atoms with Crippen molar-refractivity contribution in [3.63, 3.8) is 0 Å². The lowest BCUT2D eigenvalue weighted by Crippen LogP contribution is -2.43. The summed E-state index contributed by atoms with van der Waals surface area (Å²) in [6.45, 7) is 7.56. The molecule has 0 spiro atoms. The first kappa shape index (κ1) is 19.7. The first-order valence-electron chi connectivity index (χ1n) is 10.8. The third-order valence-electron chi connectivity index (χ3n) is 6.77. The van der Waals surface area contributed by atoms with Gasteiger partial charge in [0.15, 0.2) is 0 Å². The SMILES string of the molecule is CCC(=O)N1C2CCC1CN(CCC(C)c1ccc(Cl)c3ccccc13)CC2. The molecule has 3 nitrogen and oxygen atoms in total. The van der Waals surface area contributed by atoms with E-state index in [1.165, 1.54) is 23.8 Å². The van der Waals surface area contributed by atoms with Gasteiger partial charge in [-0.2, -0.15) is 0 Å². The molecule has 3 unspecified atom stereocenters. The van der Waals surface area contributed by atoms with E-state index in [0.717, 1.165) is 42.9 Å². The van der Waals surface area contributed by atoms with Crippen molar-refractivity contribution < 1.29 is 4.79 Å². The van der Waals surface area contributed by atoms with Crippen LogP contribution < -0.4 is 0 Å². The molecule has 2 aromatic rings. The van der Waals surface area contributed by atoms with Gasteiger partial charge >= 0.3 is 0 Å². The number of carbonyl (C=O) groups is 1. The van der Waals surface area contributed by atoms with Crippen molar-refractivity contribution in [2.24, 2.45) is 0 Å². The lowest BCUT2D eigenvalue weighted by atomic mass is 9.92. The van der Waals surface area contributed by atoms with Gasteiger partial charge in [-0.05, 0) is 55.2 Å². The van der Waals surface area contributed by atoms with E-state index >= 15 is 0 Å². The Labute approximate surface area is 173 Å². The number of rotatable bonds is 5. The van der Waals surface area contributed by atoms with Crippen LogP contribution in [0.1, 0.15) is 57.4 Å². The number of amides is 1. The molecule has 2 aliphatic rings. The zero-order chi connectivity index (χ0) is 19.7. The molecule has 150 valence electrons. The van der Waals surface area contributed by atoms with Crippen LogP contribution in [0.3, 0.4) is 0 Å². The summed E-state index contributed by atoms with van der Waals surface area (Å²) >= 11 is 6.40. The first-order chi connectivity index (χ1) is 13.6. The quantitative estimate of drug-likeness (QED) is 0.667. The Morgan fingerprint density at radius 2 is 1.86 bits per heavy atom. The molecule has 0 aromatic heterocycles.